The second kappa shape index (κ2) is 6.84. The quantitative estimate of drug-likeness (QED) is 0.529. The summed E-state index contributed by atoms with van der Waals surface area (Å²) in [5.41, 5.74) is 11.5. The van der Waals surface area contributed by atoms with E-state index in [0.29, 0.717) is 10.8 Å². The molecule has 10 heteroatoms. The maximum Gasteiger partial charge on any atom is 0.234 e. The Balaban J connectivity index is 2.00. The van der Waals surface area contributed by atoms with Crippen LogP contribution in [0.15, 0.2) is 40.4 Å². The highest BCUT2D eigenvalue weighted by Gasteiger charge is 2.10. The molecule has 0 aliphatic rings. The van der Waals surface area contributed by atoms with Gasteiger partial charge >= 0.3 is 0 Å². The van der Waals surface area contributed by atoms with Crippen molar-refractivity contribution in [2.24, 2.45) is 0 Å². The molecule has 1 aromatic carbocycles. The molecule has 0 unspecified atom stereocenters. The van der Waals surface area contributed by atoms with Gasteiger partial charge in [0.05, 0.1) is 10.6 Å². The molecule has 1 amide bonds. The minimum Gasteiger partial charge on any atom is -0.383 e. The highest BCUT2D eigenvalue weighted by atomic mass is 32.2. The van der Waals surface area contributed by atoms with Gasteiger partial charge in [-0.1, -0.05) is 17.8 Å². The molecule has 0 radical (unpaired) electrons. The third-order valence-electron chi connectivity index (χ3n) is 2.62. The molecule has 1 heterocycles. The number of sulfone groups is 1. The third kappa shape index (κ3) is 5.11. The number of rotatable bonds is 5. The average molecular weight is 353 g/mol. The number of aromatic nitrogens is 2. The highest BCUT2D eigenvalue weighted by molar-refractivity contribution is 7.99. The molecule has 23 heavy (non-hydrogen) atoms. The summed E-state index contributed by atoms with van der Waals surface area (Å²) >= 11 is 1.07. The van der Waals surface area contributed by atoms with Crippen molar-refractivity contribution in [3.05, 3.63) is 30.3 Å². The summed E-state index contributed by atoms with van der Waals surface area (Å²) in [5, 5.41) is 2.91. The fourth-order valence-corrected chi connectivity index (χ4v) is 3.00. The molecule has 0 atom stereocenters. The fourth-order valence-electron chi connectivity index (χ4n) is 1.66. The Hall–Kier alpha value is -2.33. The van der Waals surface area contributed by atoms with Crippen LogP contribution < -0.4 is 16.8 Å². The van der Waals surface area contributed by atoms with Crippen molar-refractivity contribution in [1.29, 1.82) is 0 Å². The van der Waals surface area contributed by atoms with Crippen LogP contribution in [-0.2, 0) is 14.6 Å². The van der Waals surface area contributed by atoms with Crippen molar-refractivity contribution in [3.8, 4) is 0 Å². The number of thioether (sulfide) groups is 1. The average Bonchev–Trinajstić information content (AvgIpc) is 2.43. The minimum atomic E-state index is -3.33. The number of nitrogens with zero attached hydrogens (tertiary/aromatic N) is 2. The van der Waals surface area contributed by atoms with Gasteiger partial charge in [-0.3, -0.25) is 4.79 Å². The lowest BCUT2D eigenvalue weighted by Gasteiger charge is -2.07. The Morgan fingerprint density at radius 2 is 1.87 bits per heavy atom. The molecule has 122 valence electrons. The van der Waals surface area contributed by atoms with Gasteiger partial charge in [-0.2, -0.15) is 0 Å². The number of amides is 1. The van der Waals surface area contributed by atoms with Crippen molar-refractivity contribution in [2.45, 2.75) is 10.1 Å². The lowest BCUT2D eigenvalue weighted by Crippen LogP contribution is -2.15. The summed E-state index contributed by atoms with van der Waals surface area (Å²) < 4.78 is 23.0. The zero-order valence-electron chi connectivity index (χ0n) is 12.2. The maximum atomic E-state index is 11.9. The fraction of sp³-hybridized carbons (Fsp3) is 0.154. The molecule has 8 nitrogen and oxygen atoms in total. The number of carbonyl (C=O) groups is 1. The van der Waals surface area contributed by atoms with Crippen LogP contribution in [0.4, 0.5) is 17.3 Å². The molecule has 0 fully saturated rings. The number of carbonyl (C=O) groups excluding carboxylic acids is 1. The maximum absolute atomic E-state index is 11.9. The standard InChI is InChI=1S/C13H15N5O3S2/c1-23(20,21)9-4-2-3-8(5-9)16-12(19)7-22-13-17-10(14)6-11(15)18-13/h2-6H,7H2,1H3,(H,16,19)(H4,14,15,17,18). The number of hydrogen-bond donors (Lipinski definition) is 3. The van der Waals surface area contributed by atoms with Gasteiger partial charge in [-0.05, 0) is 18.2 Å². The molecule has 1 aromatic heterocycles. The van der Waals surface area contributed by atoms with E-state index in [1.807, 2.05) is 0 Å². The summed E-state index contributed by atoms with van der Waals surface area (Å²) in [5.74, 6) is 0.152. The minimum absolute atomic E-state index is 0.0337. The molecule has 0 aliphatic carbocycles. The van der Waals surface area contributed by atoms with Crippen LogP contribution >= 0.6 is 11.8 Å². The van der Waals surface area contributed by atoms with Gasteiger partial charge in [0.2, 0.25) is 5.91 Å². The van der Waals surface area contributed by atoms with E-state index in [2.05, 4.69) is 15.3 Å². The van der Waals surface area contributed by atoms with E-state index in [4.69, 9.17) is 11.5 Å². The summed E-state index contributed by atoms with van der Waals surface area (Å²) in [4.78, 5) is 20.0. The monoisotopic (exact) mass is 353 g/mol. The number of benzene rings is 1. The summed E-state index contributed by atoms with van der Waals surface area (Å²) in [6.45, 7) is 0. The molecule has 2 rings (SSSR count). The van der Waals surface area contributed by atoms with Gasteiger partial charge in [-0.25, -0.2) is 18.4 Å². The van der Waals surface area contributed by atoms with E-state index in [-0.39, 0.29) is 28.2 Å². The number of nitrogens with one attached hydrogen (secondary N) is 1. The zero-order chi connectivity index (χ0) is 17.0. The lowest BCUT2D eigenvalue weighted by molar-refractivity contribution is -0.113. The molecule has 0 saturated heterocycles. The molecule has 2 aromatic rings. The van der Waals surface area contributed by atoms with Crippen molar-refractivity contribution in [3.63, 3.8) is 0 Å². The lowest BCUT2D eigenvalue weighted by atomic mass is 10.3. The second-order valence-electron chi connectivity index (χ2n) is 4.64. The van der Waals surface area contributed by atoms with Gasteiger partial charge in [0.1, 0.15) is 11.6 Å². The van der Waals surface area contributed by atoms with E-state index >= 15 is 0 Å². The van der Waals surface area contributed by atoms with Gasteiger partial charge in [-0.15, -0.1) is 0 Å². The zero-order valence-corrected chi connectivity index (χ0v) is 13.8. The van der Waals surface area contributed by atoms with E-state index < -0.39 is 9.84 Å². The van der Waals surface area contributed by atoms with Gasteiger partial charge < -0.3 is 16.8 Å². The first-order valence-corrected chi connectivity index (χ1v) is 9.24. The molecule has 0 saturated carbocycles. The van der Waals surface area contributed by atoms with E-state index in [9.17, 15) is 13.2 Å². The highest BCUT2D eigenvalue weighted by Crippen LogP contribution is 2.18. The first-order chi connectivity index (χ1) is 10.7. The Bertz CT molecular complexity index is 819. The van der Waals surface area contributed by atoms with Crippen molar-refractivity contribution in [2.75, 3.05) is 28.8 Å². The van der Waals surface area contributed by atoms with Crippen LogP contribution in [0.1, 0.15) is 0 Å². The SMILES string of the molecule is CS(=O)(=O)c1cccc(NC(=O)CSc2nc(N)cc(N)n2)c1. The van der Waals surface area contributed by atoms with E-state index in [1.165, 1.54) is 18.2 Å². The van der Waals surface area contributed by atoms with Crippen LogP contribution in [0.2, 0.25) is 0 Å². The molecule has 0 spiro atoms. The van der Waals surface area contributed by atoms with Crippen LogP contribution in [0.5, 0.6) is 0 Å². The topological polar surface area (TPSA) is 141 Å². The van der Waals surface area contributed by atoms with Crippen LogP contribution in [0, 0.1) is 0 Å². The first kappa shape index (κ1) is 17.0. The van der Waals surface area contributed by atoms with E-state index in [1.54, 1.807) is 12.1 Å². The molecule has 0 aliphatic heterocycles. The smallest absolute Gasteiger partial charge is 0.234 e. The second-order valence-corrected chi connectivity index (χ2v) is 7.60. The Morgan fingerprint density at radius 1 is 1.22 bits per heavy atom. The molecular formula is C13H15N5O3S2. The summed E-state index contributed by atoms with van der Waals surface area (Å²) in [6.07, 6.45) is 1.10. The van der Waals surface area contributed by atoms with Crippen LogP contribution in [-0.4, -0.2) is 36.3 Å². The number of hydrogen-bond acceptors (Lipinski definition) is 8. The van der Waals surface area contributed by atoms with Gasteiger partial charge in [0.25, 0.3) is 0 Å². The number of nitrogens with two attached hydrogens (primary N) is 2. The summed E-state index contributed by atoms with van der Waals surface area (Å²) in [6, 6.07) is 7.43. The van der Waals surface area contributed by atoms with Crippen molar-refractivity contribution in [1.82, 2.24) is 9.97 Å². The van der Waals surface area contributed by atoms with Gasteiger partial charge in [0, 0.05) is 18.0 Å². The van der Waals surface area contributed by atoms with Crippen LogP contribution in [0.25, 0.3) is 0 Å². The van der Waals surface area contributed by atoms with E-state index in [0.717, 1.165) is 18.0 Å². The largest absolute Gasteiger partial charge is 0.383 e. The van der Waals surface area contributed by atoms with Gasteiger partial charge in [0.15, 0.2) is 15.0 Å². The normalized spacial score (nSPS) is 11.2. The van der Waals surface area contributed by atoms with Crippen molar-refractivity contribution < 1.29 is 13.2 Å². The molecule has 0 bridgehead atoms. The Morgan fingerprint density at radius 3 is 2.48 bits per heavy atom. The molecule has 5 N–H and O–H groups in total. The number of anilines is 3. The summed E-state index contributed by atoms with van der Waals surface area (Å²) in [7, 11) is -3.33. The third-order valence-corrected chi connectivity index (χ3v) is 4.58. The predicted molar refractivity (Wildman–Crippen MR) is 89.8 cm³/mol. The van der Waals surface area contributed by atoms with Crippen LogP contribution in [0.3, 0.4) is 0 Å². The number of nitrogen functional groups attached to an aromatic ring is 2. The Labute approximate surface area is 137 Å². The first-order valence-electron chi connectivity index (χ1n) is 6.37. The molecular weight excluding hydrogens is 338 g/mol. The predicted octanol–water partition coefficient (Wildman–Crippen LogP) is 0.775. The van der Waals surface area contributed by atoms with Crippen molar-refractivity contribution >= 4 is 44.8 Å². The Kier molecular flexibility index (Phi) is 5.06.